The van der Waals surface area contributed by atoms with E-state index in [2.05, 4.69) is 62.5 Å². The van der Waals surface area contributed by atoms with Gasteiger partial charge in [-0.05, 0) is 51.4 Å². The average Bonchev–Trinajstić information content (AvgIpc) is 3.19. The second-order valence-electron chi connectivity index (χ2n) is 15.1. The predicted molar refractivity (Wildman–Crippen MR) is 224 cm³/mol. The maximum atomic E-state index is 12.8. The highest BCUT2D eigenvalue weighted by molar-refractivity contribution is 5.70. The first-order chi connectivity index (χ1) is 27.3. The number of carbonyl (C=O) groups excluding carboxylic acids is 2. The first-order valence-corrected chi connectivity index (χ1v) is 22.2. The number of carbonyl (C=O) groups is 2. The lowest BCUT2D eigenvalue weighted by molar-refractivity contribution is -0.305. The van der Waals surface area contributed by atoms with Crippen molar-refractivity contribution < 1.29 is 49.0 Å². The molecule has 1 aliphatic rings. The number of hydrogen-bond acceptors (Lipinski definition) is 10. The molecule has 0 aromatic rings. The lowest BCUT2D eigenvalue weighted by atomic mass is 9.99. The molecule has 0 radical (unpaired) electrons. The topological polar surface area (TPSA) is 152 Å². The summed E-state index contributed by atoms with van der Waals surface area (Å²) >= 11 is 0. The Hall–Kier alpha value is -2.34. The minimum Gasteiger partial charge on any atom is -0.462 e. The van der Waals surface area contributed by atoms with Gasteiger partial charge in [0.15, 0.2) is 12.4 Å². The van der Waals surface area contributed by atoms with E-state index in [1.54, 1.807) is 0 Å². The van der Waals surface area contributed by atoms with Crippen molar-refractivity contribution in [2.24, 2.45) is 0 Å². The summed E-state index contributed by atoms with van der Waals surface area (Å²) in [5, 5.41) is 40.0. The predicted octanol–water partition coefficient (Wildman–Crippen LogP) is 9.27. The molecule has 0 aliphatic carbocycles. The zero-order valence-corrected chi connectivity index (χ0v) is 35.1. The van der Waals surface area contributed by atoms with Gasteiger partial charge in [0.25, 0.3) is 0 Å². The van der Waals surface area contributed by atoms with Gasteiger partial charge in [0.1, 0.15) is 31.0 Å². The summed E-state index contributed by atoms with van der Waals surface area (Å²) in [6.07, 6.45) is 35.4. The zero-order chi connectivity index (χ0) is 40.9. The number of allylic oxidation sites excluding steroid dienone is 8. The molecule has 6 atom stereocenters. The first kappa shape index (κ1) is 51.7. The molecule has 1 rings (SSSR count). The van der Waals surface area contributed by atoms with Gasteiger partial charge in [-0.1, -0.05) is 159 Å². The van der Waals surface area contributed by atoms with Crippen molar-refractivity contribution in [3.63, 3.8) is 0 Å². The molecule has 0 aromatic heterocycles. The molecule has 6 unspecified atom stereocenters. The van der Waals surface area contributed by atoms with E-state index >= 15 is 0 Å². The maximum Gasteiger partial charge on any atom is 0.306 e. The van der Waals surface area contributed by atoms with E-state index in [1.165, 1.54) is 57.8 Å². The Labute approximate surface area is 339 Å². The van der Waals surface area contributed by atoms with E-state index in [1.807, 2.05) is 0 Å². The summed E-state index contributed by atoms with van der Waals surface area (Å²) in [6.45, 7) is 3.29. The van der Waals surface area contributed by atoms with Gasteiger partial charge in [0.05, 0.1) is 13.2 Å². The lowest BCUT2D eigenvalue weighted by Gasteiger charge is -2.39. The SMILES string of the molecule is CC/C=C\C/C=C\C/C=C\C/C=C\CCCCCCCCC(=O)OC(COC(=O)CCCCCCCCCCCCCC)COC1OC(CO)C(O)C(O)C1O. The minimum atomic E-state index is -1.60. The Bertz CT molecular complexity index is 1050. The van der Waals surface area contributed by atoms with Gasteiger partial charge < -0.3 is 39.4 Å². The molecule has 1 heterocycles. The normalized spacial score (nSPS) is 20.9. The number of hydrogen-bond donors (Lipinski definition) is 4. The Morgan fingerprint density at radius 3 is 1.59 bits per heavy atom. The number of aliphatic hydroxyl groups is 4. The summed E-state index contributed by atoms with van der Waals surface area (Å²) in [6, 6.07) is 0. The van der Waals surface area contributed by atoms with Crippen LogP contribution in [0.15, 0.2) is 48.6 Å². The zero-order valence-electron chi connectivity index (χ0n) is 35.1. The van der Waals surface area contributed by atoms with Crippen LogP contribution in [0.1, 0.15) is 174 Å². The third-order valence-electron chi connectivity index (χ3n) is 9.98. The first-order valence-electron chi connectivity index (χ1n) is 22.2. The standard InChI is InChI=1S/C46H80O10/c1-3-5-7-9-11-13-15-17-18-19-20-21-22-23-25-27-29-31-33-35-42(49)55-39(38-54-46-45(52)44(51)43(50)40(36-47)56-46)37-53-41(48)34-32-30-28-26-24-16-14-12-10-8-6-4-2/h5,7,11,13,17-18,20-21,39-40,43-47,50-52H,3-4,6,8-10,12,14-16,19,22-38H2,1-2H3/b7-5-,13-11-,18-17-,21-20-. The molecule has 10 nitrogen and oxygen atoms in total. The monoisotopic (exact) mass is 793 g/mol. The van der Waals surface area contributed by atoms with E-state index in [0.717, 1.165) is 83.5 Å². The van der Waals surface area contributed by atoms with Gasteiger partial charge >= 0.3 is 11.9 Å². The molecule has 1 aliphatic heterocycles. The molecular formula is C46H80O10. The average molecular weight is 793 g/mol. The molecule has 324 valence electrons. The van der Waals surface area contributed by atoms with E-state index in [0.29, 0.717) is 6.42 Å². The van der Waals surface area contributed by atoms with E-state index in [9.17, 15) is 30.0 Å². The molecule has 0 bridgehead atoms. The Kier molecular flexibility index (Phi) is 34.1. The van der Waals surface area contributed by atoms with Gasteiger partial charge in [-0.15, -0.1) is 0 Å². The molecule has 10 heteroatoms. The van der Waals surface area contributed by atoms with Gasteiger partial charge in [0.2, 0.25) is 0 Å². The third-order valence-corrected chi connectivity index (χ3v) is 9.98. The van der Waals surface area contributed by atoms with Crippen LogP contribution in [-0.2, 0) is 28.5 Å². The van der Waals surface area contributed by atoms with Crippen molar-refractivity contribution in [1.82, 2.24) is 0 Å². The van der Waals surface area contributed by atoms with Crippen molar-refractivity contribution in [3.05, 3.63) is 48.6 Å². The Balaban J connectivity index is 2.34. The van der Waals surface area contributed by atoms with Crippen LogP contribution < -0.4 is 0 Å². The molecule has 1 fully saturated rings. The van der Waals surface area contributed by atoms with E-state index in [4.69, 9.17) is 18.9 Å². The van der Waals surface area contributed by atoms with Crippen molar-refractivity contribution in [3.8, 4) is 0 Å². The smallest absolute Gasteiger partial charge is 0.306 e. The summed E-state index contributed by atoms with van der Waals surface area (Å²) in [7, 11) is 0. The Morgan fingerprint density at radius 1 is 0.571 bits per heavy atom. The van der Waals surface area contributed by atoms with Gasteiger partial charge in [0, 0.05) is 12.8 Å². The fraction of sp³-hybridized carbons (Fsp3) is 0.783. The summed E-state index contributed by atoms with van der Waals surface area (Å²) in [4.78, 5) is 25.3. The second-order valence-corrected chi connectivity index (χ2v) is 15.1. The van der Waals surface area contributed by atoms with Crippen LogP contribution in [-0.4, -0.2) is 89.0 Å². The van der Waals surface area contributed by atoms with Crippen LogP contribution in [0.2, 0.25) is 0 Å². The van der Waals surface area contributed by atoms with Crippen molar-refractivity contribution >= 4 is 11.9 Å². The van der Waals surface area contributed by atoms with Crippen LogP contribution >= 0.6 is 0 Å². The van der Waals surface area contributed by atoms with Gasteiger partial charge in [-0.2, -0.15) is 0 Å². The number of aliphatic hydroxyl groups excluding tert-OH is 4. The van der Waals surface area contributed by atoms with Gasteiger partial charge in [-0.3, -0.25) is 9.59 Å². The highest BCUT2D eigenvalue weighted by atomic mass is 16.7. The molecule has 0 spiro atoms. The van der Waals surface area contributed by atoms with Gasteiger partial charge in [-0.25, -0.2) is 0 Å². The third kappa shape index (κ3) is 28.1. The molecule has 0 amide bonds. The number of unbranched alkanes of at least 4 members (excludes halogenated alkanes) is 17. The maximum absolute atomic E-state index is 12.8. The van der Waals surface area contributed by atoms with Crippen LogP contribution in [0.4, 0.5) is 0 Å². The fourth-order valence-corrected chi connectivity index (χ4v) is 6.47. The summed E-state index contributed by atoms with van der Waals surface area (Å²) in [5.74, 6) is -0.822. The number of ether oxygens (including phenoxy) is 4. The molecule has 0 saturated carbocycles. The van der Waals surface area contributed by atoms with Crippen LogP contribution in [0, 0.1) is 0 Å². The number of rotatable bonds is 36. The van der Waals surface area contributed by atoms with Crippen molar-refractivity contribution in [2.75, 3.05) is 19.8 Å². The van der Waals surface area contributed by atoms with Crippen LogP contribution in [0.25, 0.3) is 0 Å². The highest BCUT2D eigenvalue weighted by Crippen LogP contribution is 2.22. The number of esters is 2. The fourth-order valence-electron chi connectivity index (χ4n) is 6.47. The summed E-state index contributed by atoms with van der Waals surface area (Å²) < 4.78 is 22.1. The van der Waals surface area contributed by atoms with Crippen LogP contribution in [0.5, 0.6) is 0 Å². The van der Waals surface area contributed by atoms with E-state index in [-0.39, 0.29) is 32.0 Å². The Morgan fingerprint density at radius 2 is 1.05 bits per heavy atom. The second kappa shape index (κ2) is 37.0. The van der Waals surface area contributed by atoms with Crippen molar-refractivity contribution in [1.29, 1.82) is 0 Å². The minimum absolute atomic E-state index is 0.214. The van der Waals surface area contributed by atoms with Crippen LogP contribution in [0.3, 0.4) is 0 Å². The molecule has 0 aromatic carbocycles. The van der Waals surface area contributed by atoms with E-state index < -0.39 is 49.4 Å². The lowest BCUT2D eigenvalue weighted by Crippen LogP contribution is -2.59. The summed E-state index contributed by atoms with van der Waals surface area (Å²) in [5.41, 5.74) is 0. The molecular weight excluding hydrogens is 712 g/mol. The molecule has 1 saturated heterocycles. The molecule has 56 heavy (non-hydrogen) atoms. The van der Waals surface area contributed by atoms with Crippen molar-refractivity contribution in [2.45, 2.75) is 211 Å². The largest absolute Gasteiger partial charge is 0.462 e. The molecule has 4 N–H and O–H groups in total. The highest BCUT2D eigenvalue weighted by Gasteiger charge is 2.44. The quantitative estimate of drug-likeness (QED) is 0.0275.